The van der Waals surface area contributed by atoms with Gasteiger partial charge in [0.2, 0.25) is 0 Å². The maximum Gasteiger partial charge on any atom is 0.124 e. The third-order valence-corrected chi connectivity index (χ3v) is 5.18. The Kier molecular flexibility index (Phi) is 4.34. The monoisotopic (exact) mass is 350 g/mol. The van der Waals surface area contributed by atoms with Crippen LogP contribution in [0.15, 0.2) is 51.8 Å². The number of fused-ring (bicyclic) bond motifs is 1. The summed E-state index contributed by atoms with van der Waals surface area (Å²) in [6.45, 7) is 0.642. The first kappa shape index (κ1) is 14.0. The lowest BCUT2D eigenvalue weighted by Gasteiger charge is -2.15. The molecule has 0 spiro atoms. The number of hydrogen-bond donors (Lipinski definition) is 1. The molecular formula is C16H15BrO2S. The SMILES string of the molecule is OCc1cc(Br)ccc1OCC1CSc2ccccc21. The Bertz CT molecular complexity index is 615. The van der Waals surface area contributed by atoms with Crippen molar-refractivity contribution in [1.29, 1.82) is 0 Å². The summed E-state index contributed by atoms with van der Waals surface area (Å²) in [7, 11) is 0. The highest BCUT2D eigenvalue weighted by Crippen LogP contribution is 2.39. The summed E-state index contributed by atoms with van der Waals surface area (Å²) in [5, 5.41) is 9.39. The summed E-state index contributed by atoms with van der Waals surface area (Å²) in [4.78, 5) is 1.36. The topological polar surface area (TPSA) is 29.5 Å². The van der Waals surface area contributed by atoms with E-state index >= 15 is 0 Å². The molecule has 0 aromatic heterocycles. The van der Waals surface area contributed by atoms with Gasteiger partial charge in [-0.25, -0.2) is 0 Å². The normalized spacial score (nSPS) is 17.0. The summed E-state index contributed by atoms with van der Waals surface area (Å²) in [5.74, 6) is 2.25. The largest absolute Gasteiger partial charge is 0.493 e. The molecule has 4 heteroatoms. The number of hydrogen-bond acceptors (Lipinski definition) is 3. The van der Waals surface area contributed by atoms with Gasteiger partial charge in [-0.2, -0.15) is 0 Å². The van der Waals surface area contributed by atoms with Crippen molar-refractivity contribution >= 4 is 27.7 Å². The number of benzene rings is 2. The van der Waals surface area contributed by atoms with Crippen LogP contribution in [0.3, 0.4) is 0 Å². The molecule has 2 nitrogen and oxygen atoms in total. The average Bonchev–Trinajstić information content (AvgIpc) is 2.89. The van der Waals surface area contributed by atoms with Gasteiger partial charge in [0.15, 0.2) is 0 Å². The molecule has 3 rings (SSSR count). The number of ether oxygens (including phenoxy) is 1. The predicted octanol–water partition coefficient (Wildman–Crippen LogP) is 4.21. The fraction of sp³-hybridized carbons (Fsp3) is 0.250. The van der Waals surface area contributed by atoms with Crippen LogP contribution >= 0.6 is 27.7 Å². The molecule has 1 aliphatic heterocycles. The van der Waals surface area contributed by atoms with Gasteiger partial charge < -0.3 is 9.84 Å². The van der Waals surface area contributed by atoms with Crippen molar-refractivity contribution in [2.24, 2.45) is 0 Å². The van der Waals surface area contributed by atoms with Gasteiger partial charge >= 0.3 is 0 Å². The maximum atomic E-state index is 9.39. The molecule has 104 valence electrons. The third-order valence-electron chi connectivity index (χ3n) is 3.43. The molecule has 1 heterocycles. The first-order chi connectivity index (χ1) is 9.78. The molecule has 1 atom stereocenters. The third kappa shape index (κ3) is 2.87. The zero-order chi connectivity index (χ0) is 13.9. The second-order valence-corrected chi connectivity index (χ2v) is 6.74. The van der Waals surface area contributed by atoms with E-state index < -0.39 is 0 Å². The Morgan fingerprint density at radius 1 is 1.25 bits per heavy atom. The van der Waals surface area contributed by atoms with E-state index in [4.69, 9.17) is 4.74 Å². The molecule has 1 unspecified atom stereocenters. The molecule has 0 saturated carbocycles. The lowest BCUT2D eigenvalue weighted by atomic mass is 10.0. The Morgan fingerprint density at radius 2 is 2.10 bits per heavy atom. The van der Waals surface area contributed by atoms with Gasteiger partial charge in [0, 0.05) is 26.6 Å². The molecule has 20 heavy (non-hydrogen) atoms. The lowest BCUT2D eigenvalue weighted by molar-refractivity contribution is 0.257. The molecule has 0 amide bonds. The number of halogens is 1. The average molecular weight is 351 g/mol. The van der Waals surface area contributed by atoms with E-state index in [9.17, 15) is 5.11 Å². The molecule has 0 aliphatic carbocycles. The van der Waals surface area contributed by atoms with Crippen LogP contribution in [0, 0.1) is 0 Å². The van der Waals surface area contributed by atoms with Gasteiger partial charge in [-0.3, -0.25) is 0 Å². The van der Waals surface area contributed by atoms with Crippen LogP contribution in [-0.4, -0.2) is 17.5 Å². The smallest absolute Gasteiger partial charge is 0.124 e. The van der Waals surface area contributed by atoms with Crippen molar-refractivity contribution in [3.63, 3.8) is 0 Å². The van der Waals surface area contributed by atoms with E-state index in [2.05, 4.69) is 40.2 Å². The molecule has 0 fully saturated rings. The molecule has 0 saturated heterocycles. The van der Waals surface area contributed by atoms with Crippen LogP contribution in [0.1, 0.15) is 17.0 Å². The van der Waals surface area contributed by atoms with E-state index in [0.29, 0.717) is 12.5 Å². The van der Waals surface area contributed by atoms with Crippen LogP contribution in [0.25, 0.3) is 0 Å². The van der Waals surface area contributed by atoms with Crippen LogP contribution in [0.4, 0.5) is 0 Å². The van der Waals surface area contributed by atoms with E-state index in [0.717, 1.165) is 21.5 Å². The summed E-state index contributed by atoms with van der Waals surface area (Å²) in [5.41, 5.74) is 2.19. The van der Waals surface area contributed by atoms with E-state index in [1.54, 1.807) is 0 Å². The summed E-state index contributed by atoms with van der Waals surface area (Å²) < 4.78 is 6.88. The van der Waals surface area contributed by atoms with Crippen molar-refractivity contribution in [2.75, 3.05) is 12.4 Å². The Balaban J connectivity index is 1.72. The van der Waals surface area contributed by atoms with Gasteiger partial charge in [-0.15, -0.1) is 11.8 Å². The molecule has 2 aromatic rings. The fourth-order valence-corrected chi connectivity index (χ4v) is 4.01. The van der Waals surface area contributed by atoms with E-state index in [1.807, 2.05) is 30.0 Å². The quantitative estimate of drug-likeness (QED) is 0.895. The molecular weight excluding hydrogens is 336 g/mol. The van der Waals surface area contributed by atoms with Crippen molar-refractivity contribution in [1.82, 2.24) is 0 Å². The summed E-state index contributed by atoms with van der Waals surface area (Å²) >= 11 is 5.29. The highest BCUT2D eigenvalue weighted by atomic mass is 79.9. The second kappa shape index (κ2) is 6.20. The summed E-state index contributed by atoms with van der Waals surface area (Å²) in [6, 6.07) is 14.2. The van der Waals surface area contributed by atoms with Crippen molar-refractivity contribution in [3.8, 4) is 5.75 Å². The number of rotatable bonds is 4. The van der Waals surface area contributed by atoms with Crippen LogP contribution in [0.2, 0.25) is 0 Å². The van der Waals surface area contributed by atoms with Gasteiger partial charge in [-0.05, 0) is 29.8 Å². The minimum Gasteiger partial charge on any atom is -0.493 e. The fourth-order valence-electron chi connectivity index (χ4n) is 2.37. The molecule has 2 aromatic carbocycles. The van der Waals surface area contributed by atoms with Gasteiger partial charge in [0.25, 0.3) is 0 Å². The molecule has 1 N–H and O–H groups in total. The van der Waals surface area contributed by atoms with Crippen molar-refractivity contribution in [3.05, 3.63) is 58.1 Å². The first-order valence-electron chi connectivity index (χ1n) is 6.51. The first-order valence-corrected chi connectivity index (χ1v) is 8.29. The highest BCUT2D eigenvalue weighted by Gasteiger charge is 2.23. The Hall–Kier alpha value is -0.970. The maximum absolute atomic E-state index is 9.39. The van der Waals surface area contributed by atoms with E-state index in [-0.39, 0.29) is 6.61 Å². The minimum atomic E-state index is -0.00915. The van der Waals surface area contributed by atoms with E-state index in [1.165, 1.54) is 10.5 Å². The Morgan fingerprint density at radius 3 is 2.95 bits per heavy atom. The van der Waals surface area contributed by atoms with Crippen molar-refractivity contribution < 1.29 is 9.84 Å². The second-order valence-electron chi connectivity index (χ2n) is 4.77. The summed E-state index contributed by atoms with van der Waals surface area (Å²) in [6.07, 6.45) is 0. The predicted molar refractivity (Wildman–Crippen MR) is 85.5 cm³/mol. The van der Waals surface area contributed by atoms with Crippen LogP contribution < -0.4 is 4.74 Å². The highest BCUT2D eigenvalue weighted by molar-refractivity contribution is 9.10. The number of thioether (sulfide) groups is 1. The standard InChI is InChI=1S/C16H15BrO2S/c17-13-5-6-15(11(7-13)8-18)19-9-12-10-20-16-4-2-1-3-14(12)16/h1-7,12,18H,8-10H2. The number of aliphatic hydroxyl groups excluding tert-OH is 1. The minimum absolute atomic E-state index is 0.00915. The van der Waals surface area contributed by atoms with Gasteiger partial charge in [0.1, 0.15) is 5.75 Å². The van der Waals surface area contributed by atoms with Crippen molar-refractivity contribution in [2.45, 2.75) is 17.4 Å². The number of aliphatic hydroxyl groups is 1. The zero-order valence-corrected chi connectivity index (χ0v) is 13.3. The van der Waals surface area contributed by atoms with Crippen LogP contribution in [0.5, 0.6) is 5.75 Å². The van der Waals surface area contributed by atoms with Gasteiger partial charge in [-0.1, -0.05) is 34.1 Å². The molecule has 1 aliphatic rings. The van der Waals surface area contributed by atoms with Crippen LogP contribution in [-0.2, 0) is 6.61 Å². The Labute approximate surface area is 131 Å². The molecule has 0 bridgehead atoms. The molecule has 0 radical (unpaired) electrons. The van der Waals surface area contributed by atoms with Gasteiger partial charge in [0.05, 0.1) is 13.2 Å². The zero-order valence-electron chi connectivity index (χ0n) is 10.9. The lowest BCUT2D eigenvalue weighted by Crippen LogP contribution is -2.10.